The normalized spacial score (nSPS) is 16.8. The molecule has 0 unspecified atom stereocenters. The van der Waals surface area contributed by atoms with Gasteiger partial charge in [-0.25, -0.2) is 19.6 Å². The number of amides is 14. The molecule has 34 N–H and O–H groups in total. The summed E-state index contributed by atoms with van der Waals surface area (Å²) < 4.78 is 0. The molecular weight excluding hydrogens is 1450 g/mol. The lowest BCUT2D eigenvalue weighted by atomic mass is 10.0. The number of carboxylic acid groups (broad SMARTS) is 1. The molecular formula is C66H113N29O16. The molecule has 0 radical (unpaired) electrons. The molecule has 2 aromatic heterocycles. The molecule has 0 saturated carbocycles. The van der Waals surface area contributed by atoms with E-state index in [1.165, 1.54) is 43.8 Å². The summed E-state index contributed by atoms with van der Waals surface area (Å²) in [6.07, 6.45) is 3.87. The maximum Gasteiger partial charge on any atom is 0.326 e. The van der Waals surface area contributed by atoms with Crippen LogP contribution in [0.1, 0.15) is 141 Å². The number of aromatic amines is 2. The van der Waals surface area contributed by atoms with Crippen LogP contribution in [0.15, 0.2) is 40.0 Å². The quantitative estimate of drug-likeness (QED) is 0.0166. The van der Waals surface area contributed by atoms with Gasteiger partial charge in [-0.05, 0) is 122 Å². The second-order valence-electron chi connectivity index (χ2n) is 27.3. The summed E-state index contributed by atoms with van der Waals surface area (Å²) in [6.45, 7) is 4.74. The first-order valence-corrected chi connectivity index (χ1v) is 36.8. The third-order valence-electron chi connectivity index (χ3n) is 18.1. The predicted octanol–water partition coefficient (Wildman–Crippen LogP) is -9.28. The molecule has 2 saturated heterocycles. The molecule has 2 fully saturated rings. The maximum absolute atomic E-state index is 14.8. The van der Waals surface area contributed by atoms with Gasteiger partial charge in [-0.1, -0.05) is 13.8 Å². The number of nitrogens with zero attached hydrogens (tertiary/aromatic N) is 7. The smallest absolute Gasteiger partial charge is 0.326 e. The van der Waals surface area contributed by atoms with Crippen LogP contribution in [0.5, 0.6) is 0 Å². The van der Waals surface area contributed by atoms with Crippen LogP contribution in [0.4, 0.5) is 4.79 Å². The van der Waals surface area contributed by atoms with Crippen LogP contribution in [-0.2, 0) is 75.2 Å². The average molecular weight is 1570 g/mol. The number of aliphatic hydroxyl groups excluding tert-OH is 1. The molecule has 0 spiro atoms. The van der Waals surface area contributed by atoms with Crippen molar-refractivity contribution in [3.63, 3.8) is 0 Å². The first-order valence-electron chi connectivity index (χ1n) is 36.8. The molecule has 4 heterocycles. The van der Waals surface area contributed by atoms with Gasteiger partial charge in [0, 0.05) is 82.3 Å². The molecule has 2 aliphatic heterocycles. The van der Waals surface area contributed by atoms with Crippen LogP contribution in [0.25, 0.3) is 0 Å². The topological polar surface area (TPSA) is 761 Å². The van der Waals surface area contributed by atoms with Gasteiger partial charge in [-0.15, -0.1) is 0 Å². The van der Waals surface area contributed by atoms with E-state index in [0.29, 0.717) is 32.1 Å². The van der Waals surface area contributed by atoms with Crippen molar-refractivity contribution >= 4 is 101 Å². The van der Waals surface area contributed by atoms with Crippen molar-refractivity contribution in [2.45, 2.75) is 221 Å². The molecule has 4 rings (SSSR count). The summed E-state index contributed by atoms with van der Waals surface area (Å²) in [5.41, 5.74) is 56.3. The first-order chi connectivity index (χ1) is 52.6. The van der Waals surface area contributed by atoms with E-state index in [4.69, 9.17) is 57.3 Å². The molecule has 45 nitrogen and oxygen atoms in total. The Morgan fingerprint density at radius 3 is 1.35 bits per heavy atom. The number of aliphatic imine (C=N–C) groups is 3. The Labute approximate surface area is 640 Å². The van der Waals surface area contributed by atoms with Crippen molar-refractivity contribution in [3.05, 3.63) is 36.4 Å². The number of hydrogen-bond donors (Lipinski definition) is 24. The van der Waals surface area contributed by atoms with E-state index in [1.807, 2.05) is 0 Å². The number of urea groups is 1. The van der Waals surface area contributed by atoms with Crippen LogP contribution in [0, 0.1) is 5.92 Å². The molecule has 2 aliphatic rings. The van der Waals surface area contributed by atoms with E-state index in [-0.39, 0.29) is 152 Å². The average Bonchev–Trinajstić information content (AvgIpc) is 1.79. The second-order valence-corrected chi connectivity index (χ2v) is 27.3. The monoisotopic (exact) mass is 1570 g/mol. The highest BCUT2D eigenvalue weighted by atomic mass is 16.4. The van der Waals surface area contributed by atoms with Gasteiger partial charge in [-0.2, -0.15) is 0 Å². The minimum Gasteiger partial charge on any atom is -0.480 e. The van der Waals surface area contributed by atoms with E-state index in [2.05, 4.69) is 88.1 Å². The summed E-state index contributed by atoms with van der Waals surface area (Å²) in [6, 6.07) is -18.3. The number of imidazole rings is 2. The van der Waals surface area contributed by atoms with Gasteiger partial charge < -0.3 is 140 Å². The highest BCUT2D eigenvalue weighted by Crippen LogP contribution is 2.22. The third kappa shape index (κ3) is 32.3. The standard InChI is InChI=1S/C66H113N29O16/c1-34(2)49(92-55(102)44(28-36-30-77-32-83-36)91-54(101)42(19-20-48(69)97)85-51(98)39(13-4-5-21-67)86-57(104)46-17-10-26-94(46)60(107)38(68)12-6-22-79-63(70)71)58(105)87-41(15-8-25-82-66(76)111)53(100)90-45(29-37-31-78-33-84-37)56(103)93-50(35(3)96)59(106)88-40(14-7-23-80-64(72)73)52(99)89-43(16-9-24-81-65(74)75)61(108)95-27-11-18-47(95)62(109)110/h30-35,38-47,49-50,96H,4-29,67-68H2,1-3H3,(H2,69,97)(H,77,83)(H,78,84)(H,85,98)(H,86,104)(H,87,105)(H,88,106)(H,89,99)(H,90,100)(H,91,101)(H,92,102)(H,93,103)(H,109,110)(H4,70,71,79)(H4,72,73,80)(H4,74,75,81)(H3,76,82,111)/t35-,38+,39+,40+,41+,42+,43+,44+,45+,46+,47+,49+,50+/m1/s1. The number of aliphatic hydroxyl groups is 1. The van der Waals surface area contributed by atoms with E-state index in [0.717, 1.165) is 11.8 Å². The van der Waals surface area contributed by atoms with Crippen LogP contribution in [0.3, 0.4) is 0 Å². The summed E-state index contributed by atoms with van der Waals surface area (Å²) in [5, 5.41) is 46.8. The molecule has 0 aromatic carbocycles. The number of unbranched alkanes of at least 4 members (excludes halogenated alkanes) is 1. The highest BCUT2D eigenvalue weighted by molar-refractivity contribution is 6.00. The van der Waals surface area contributed by atoms with Crippen molar-refractivity contribution in [1.82, 2.24) is 82.9 Å². The van der Waals surface area contributed by atoms with Gasteiger partial charge in [-0.3, -0.25) is 72.5 Å². The molecule has 14 amide bonds. The van der Waals surface area contributed by atoms with E-state index in [1.54, 1.807) is 0 Å². The van der Waals surface area contributed by atoms with Gasteiger partial charge in [0.05, 0.1) is 24.8 Å². The van der Waals surface area contributed by atoms with Crippen molar-refractivity contribution < 1.29 is 77.3 Å². The fourth-order valence-electron chi connectivity index (χ4n) is 12.3. The van der Waals surface area contributed by atoms with Crippen molar-refractivity contribution in [2.24, 2.45) is 78.2 Å². The summed E-state index contributed by atoms with van der Waals surface area (Å²) in [7, 11) is 0. The Kier molecular flexibility index (Phi) is 39.3. The van der Waals surface area contributed by atoms with Crippen molar-refractivity contribution in [3.8, 4) is 0 Å². The lowest BCUT2D eigenvalue weighted by Gasteiger charge is -2.30. The lowest BCUT2D eigenvalue weighted by molar-refractivity contribution is -0.149. The number of nitrogens with one attached hydrogen (secondary N) is 12. The minimum atomic E-state index is -1.90. The molecule has 13 atom stereocenters. The largest absolute Gasteiger partial charge is 0.480 e. The molecule has 618 valence electrons. The number of carbonyl (C=O) groups excluding carboxylic acids is 13. The summed E-state index contributed by atoms with van der Waals surface area (Å²) in [4.78, 5) is 223. The molecule has 2 aromatic rings. The number of carboxylic acids is 1. The molecule has 111 heavy (non-hydrogen) atoms. The highest BCUT2D eigenvalue weighted by Gasteiger charge is 2.42. The van der Waals surface area contributed by atoms with Crippen LogP contribution in [0.2, 0.25) is 0 Å². The zero-order chi connectivity index (χ0) is 82.4. The van der Waals surface area contributed by atoms with E-state index < -0.39 is 180 Å². The van der Waals surface area contributed by atoms with Crippen LogP contribution < -0.4 is 111 Å². The number of nitrogens with two attached hydrogens (primary N) is 10. The Bertz CT molecular complexity index is 3510. The number of carbonyl (C=O) groups is 14. The summed E-state index contributed by atoms with van der Waals surface area (Å²) >= 11 is 0. The number of H-pyrrole nitrogens is 2. The fourth-order valence-corrected chi connectivity index (χ4v) is 12.3. The van der Waals surface area contributed by atoms with Gasteiger partial charge in [0.1, 0.15) is 66.5 Å². The SMILES string of the molecule is CC(C)[C@H](NC(=O)[C@H](Cc1cnc[nH]1)NC(=O)[C@H](CCC(N)=O)NC(=O)[C@H](CCCCN)NC(=O)[C@@H]1CCCN1C(=O)[C@@H](N)CCCN=C(N)N)C(=O)N[C@@H](CCCNC(N)=O)C(=O)N[C@@H](Cc1cnc[nH]1)C(=O)N[C@H](C(=O)N[C@@H](CCCN=C(N)N)C(=O)N[C@@H](CCCN=C(N)N)C(=O)N1CCC[C@H]1C(=O)O)[C@@H](C)O. The third-order valence-corrected chi connectivity index (χ3v) is 18.1. The Hall–Kier alpha value is -11.5. The van der Waals surface area contributed by atoms with Gasteiger partial charge >= 0.3 is 12.0 Å². The van der Waals surface area contributed by atoms with E-state index >= 15 is 0 Å². The Morgan fingerprint density at radius 2 is 0.901 bits per heavy atom. The molecule has 0 bridgehead atoms. The first kappa shape index (κ1) is 91.9. The van der Waals surface area contributed by atoms with Crippen molar-refractivity contribution in [2.75, 3.05) is 45.8 Å². The van der Waals surface area contributed by atoms with Crippen molar-refractivity contribution in [1.29, 1.82) is 0 Å². The summed E-state index contributed by atoms with van der Waals surface area (Å²) in [5.74, 6) is -13.7. The number of guanidine groups is 3. The number of aromatic nitrogens is 4. The van der Waals surface area contributed by atoms with Gasteiger partial charge in [0.15, 0.2) is 17.9 Å². The molecule has 45 heteroatoms. The maximum atomic E-state index is 14.8. The van der Waals surface area contributed by atoms with E-state index in [9.17, 15) is 77.3 Å². The lowest BCUT2D eigenvalue weighted by Crippen LogP contribution is -2.62. The van der Waals surface area contributed by atoms with Gasteiger partial charge in [0.2, 0.25) is 70.9 Å². The number of primary amides is 2. The van der Waals surface area contributed by atoms with Crippen LogP contribution >= 0.6 is 0 Å². The Balaban J connectivity index is 1.63. The zero-order valence-corrected chi connectivity index (χ0v) is 62.8. The number of likely N-dealkylation sites (tertiary alicyclic amines) is 2. The molecule has 0 aliphatic carbocycles. The Morgan fingerprint density at radius 1 is 0.495 bits per heavy atom. The zero-order valence-electron chi connectivity index (χ0n) is 62.8. The minimum absolute atomic E-state index is 0.00404. The number of hydrogen-bond acceptors (Lipinski definition) is 22. The van der Waals surface area contributed by atoms with Gasteiger partial charge in [0.25, 0.3) is 0 Å². The predicted molar refractivity (Wildman–Crippen MR) is 401 cm³/mol. The number of rotatable bonds is 50. The fraction of sp³-hybridized carbons (Fsp3) is 0.652. The van der Waals surface area contributed by atoms with Crippen LogP contribution in [-0.4, -0.2) is 265 Å². The second kappa shape index (κ2) is 47.4. The number of aliphatic carboxylic acids is 1.